The summed E-state index contributed by atoms with van der Waals surface area (Å²) in [5.74, 6) is 0.458. The molecule has 5 heteroatoms. The molecule has 0 aromatic carbocycles. The van der Waals surface area contributed by atoms with E-state index in [2.05, 4.69) is 19.9 Å². The molecule has 1 aromatic rings. The summed E-state index contributed by atoms with van der Waals surface area (Å²) in [7, 11) is 1.39. The van der Waals surface area contributed by atoms with Gasteiger partial charge in [0, 0.05) is 25.3 Å². The van der Waals surface area contributed by atoms with E-state index in [4.69, 9.17) is 0 Å². The SMILES string of the molecule is COC(=O)c1ccc(CN2CCCC3CNCC32)nc1. The summed E-state index contributed by atoms with van der Waals surface area (Å²) >= 11 is 0. The van der Waals surface area contributed by atoms with E-state index < -0.39 is 0 Å². The van der Waals surface area contributed by atoms with E-state index in [-0.39, 0.29) is 5.97 Å². The van der Waals surface area contributed by atoms with Gasteiger partial charge in [-0.3, -0.25) is 9.88 Å². The van der Waals surface area contributed by atoms with Gasteiger partial charge in [-0.25, -0.2) is 4.79 Å². The van der Waals surface area contributed by atoms with Crippen molar-refractivity contribution in [2.75, 3.05) is 26.7 Å². The highest BCUT2D eigenvalue weighted by molar-refractivity contribution is 5.88. The van der Waals surface area contributed by atoms with Crippen LogP contribution in [0.25, 0.3) is 0 Å². The average molecular weight is 275 g/mol. The number of hydrogen-bond acceptors (Lipinski definition) is 5. The number of hydrogen-bond donors (Lipinski definition) is 1. The van der Waals surface area contributed by atoms with Gasteiger partial charge in [0.1, 0.15) is 0 Å². The minimum absolute atomic E-state index is 0.331. The number of carbonyl (C=O) groups excluding carboxylic acids is 1. The number of nitrogens with zero attached hydrogens (tertiary/aromatic N) is 2. The van der Waals surface area contributed by atoms with Gasteiger partial charge in [-0.05, 0) is 44.0 Å². The van der Waals surface area contributed by atoms with Crippen LogP contribution in [0, 0.1) is 5.92 Å². The van der Waals surface area contributed by atoms with E-state index >= 15 is 0 Å². The van der Waals surface area contributed by atoms with Crippen LogP contribution in [-0.4, -0.2) is 48.6 Å². The van der Waals surface area contributed by atoms with Crippen molar-refractivity contribution >= 4 is 5.97 Å². The highest BCUT2D eigenvalue weighted by Crippen LogP contribution is 2.27. The molecule has 2 aliphatic heterocycles. The molecule has 2 aliphatic rings. The van der Waals surface area contributed by atoms with Crippen molar-refractivity contribution in [3.05, 3.63) is 29.6 Å². The van der Waals surface area contributed by atoms with Gasteiger partial charge < -0.3 is 10.1 Å². The van der Waals surface area contributed by atoms with Gasteiger partial charge in [-0.2, -0.15) is 0 Å². The Morgan fingerprint density at radius 3 is 3.15 bits per heavy atom. The van der Waals surface area contributed by atoms with E-state index in [9.17, 15) is 4.79 Å². The van der Waals surface area contributed by atoms with Crippen molar-refractivity contribution in [1.82, 2.24) is 15.2 Å². The van der Waals surface area contributed by atoms with Crippen molar-refractivity contribution < 1.29 is 9.53 Å². The van der Waals surface area contributed by atoms with Crippen LogP contribution in [-0.2, 0) is 11.3 Å². The second-order valence-corrected chi connectivity index (χ2v) is 5.63. The molecule has 2 fully saturated rings. The number of aromatic nitrogens is 1. The molecule has 2 saturated heterocycles. The second-order valence-electron chi connectivity index (χ2n) is 5.63. The molecule has 20 heavy (non-hydrogen) atoms. The van der Waals surface area contributed by atoms with Gasteiger partial charge in [0.2, 0.25) is 0 Å². The van der Waals surface area contributed by atoms with Crippen LogP contribution in [0.1, 0.15) is 28.9 Å². The molecule has 2 atom stereocenters. The lowest BCUT2D eigenvalue weighted by Crippen LogP contribution is -2.44. The second kappa shape index (κ2) is 5.89. The number of rotatable bonds is 3. The maximum absolute atomic E-state index is 11.4. The van der Waals surface area contributed by atoms with Crippen molar-refractivity contribution in [2.45, 2.75) is 25.4 Å². The highest BCUT2D eigenvalue weighted by Gasteiger charge is 2.34. The standard InChI is InChI=1S/C15H21N3O2/c1-20-15(19)12-4-5-13(17-8-12)10-18-6-2-3-11-7-16-9-14(11)18/h4-5,8,11,14,16H,2-3,6-7,9-10H2,1H3. The third kappa shape index (κ3) is 2.69. The molecule has 1 N–H and O–H groups in total. The minimum Gasteiger partial charge on any atom is -0.465 e. The van der Waals surface area contributed by atoms with Gasteiger partial charge >= 0.3 is 5.97 Å². The van der Waals surface area contributed by atoms with Crippen LogP contribution in [0.2, 0.25) is 0 Å². The van der Waals surface area contributed by atoms with Gasteiger partial charge in [-0.1, -0.05) is 0 Å². The molecule has 2 unspecified atom stereocenters. The van der Waals surface area contributed by atoms with Crippen LogP contribution in [0.5, 0.6) is 0 Å². The van der Waals surface area contributed by atoms with Crippen molar-refractivity contribution in [3.8, 4) is 0 Å². The molecule has 108 valence electrons. The number of methoxy groups -OCH3 is 1. The third-order valence-corrected chi connectivity index (χ3v) is 4.40. The van der Waals surface area contributed by atoms with E-state index in [1.165, 1.54) is 20.0 Å². The van der Waals surface area contributed by atoms with Gasteiger partial charge in [0.25, 0.3) is 0 Å². The first kappa shape index (κ1) is 13.5. The monoisotopic (exact) mass is 275 g/mol. The lowest BCUT2D eigenvalue weighted by atomic mass is 9.92. The maximum atomic E-state index is 11.4. The summed E-state index contributed by atoms with van der Waals surface area (Å²) in [4.78, 5) is 18.3. The lowest BCUT2D eigenvalue weighted by molar-refractivity contribution is 0.0600. The minimum atomic E-state index is -0.331. The zero-order valence-corrected chi connectivity index (χ0v) is 11.8. The Labute approximate surface area is 119 Å². The first-order chi connectivity index (χ1) is 9.78. The fraction of sp³-hybridized carbons (Fsp3) is 0.600. The molecule has 3 heterocycles. The molecule has 0 radical (unpaired) electrons. The van der Waals surface area contributed by atoms with Crippen molar-refractivity contribution in [2.24, 2.45) is 5.92 Å². The lowest BCUT2D eigenvalue weighted by Gasteiger charge is -2.36. The zero-order chi connectivity index (χ0) is 13.9. The highest BCUT2D eigenvalue weighted by atomic mass is 16.5. The summed E-state index contributed by atoms with van der Waals surface area (Å²) in [6.07, 6.45) is 4.21. The smallest absolute Gasteiger partial charge is 0.339 e. The number of nitrogens with one attached hydrogen (secondary N) is 1. The Hall–Kier alpha value is -1.46. The molecular formula is C15H21N3O2. The first-order valence-corrected chi connectivity index (χ1v) is 7.26. The maximum Gasteiger partial charge on any atom is 0.339 e. The molecule has 0 spiro atoms. The molecule has 1 aromatic heterocycles. The number of fused-ring (bicyclic) bond motifs is 1. The van der Waals surface area contributed by atoms with Gasteiger partial charge in [0.15, 0.2) is 0 Å². The zero-order valence-electron chi connectivity index (χ0n) is 11.8. The van der Waals surface area contributed by atoms with E-state index in [1.54, 1.807) is 12.3 Å². The topological polar surface area (TPSA) is 54.5 Å². The molecule has 3 rings (SSSR count). The van der Waals surface area contributed by atoms with E-state index in [0.717, 1.165) is 37.8 Å². The number of likely N-dealkylation sites (tertiary alicyclic amines) is 1. The molecule has 0 bridgehead atoms. The van der Waals surface area contributed by atoms with Crippen LogP contribution in [0.15, 0.2) is 18.3 Å². The van der Waals surface area contributed by atoms with Gasteiger partial charge in [0.05, 0.1) is 18.4 Å². The Bertz CT molecular complexity index is 475. The van der Waals surface area contributed by atoms with Crippen molar-refractivity contribution in [1.29, 1.82) is 0 Å². The molecule has 0 saturated carbocycles. The normalized spacial score (nSPS) is 26.2. The number of esters is 1. The predicted molar refractivity (Wildman–Crippen MR) is 75.4 cm³/mol. The summed E-state index contributed by atoms with van der Waals surface area (Å²) in [5.41, 5.74) is 1.53. The Morgan fingerprint density at radius 1 is 1.50 bits per heavy atom. The van der Waals surface area contributed by atoms with Crippen LogP contribution < -0.4 is 5.32 Å². The molecule has 0 amide bonds. The third-order valence-electron chi connectivity index (χ3n) is 4.40. The van der Waals surface area contributed by atoms with Crippen LogP contribution in [0.3, 0.4) is 0 Å². The molecule has 0 aliphatic carbocycles. The largest absolute Gasteiger partial charge is 0.465 e. The number of carbonyl (C=O) groups is 1. The quantitative estimate of drug-likeness (QED) is 0.836. The average Bonchev–Trinajstić information content (AvgIpc) is 2.97. The number of piperidine rings is 1. The van der Waals surface area contributed by atoms with Gasteiger partial charge in [-0.15, -0.1) is 0 Å². The number of ether oxygens (including phenoxy) is 1. The van der Waals surface area contributed by atoms with E-state index in [0.29, 0.717) is 11.6 Å². The Balaban J connectivity index is 1.66. The summed E-state index contributed by atoms with van der Waals surface area (Å²) in [5, 5.41) is 3.49. The van der Waals surface area contributed by atoms with Crippen molar-refractivity contribution in [3.63, 3.8) is 0 Å². The fourth-order valence-electron chi connectivity index (χ4n) is 3.32. The Kier molecular flexibility index (Phi) is 3.98. The molecular weight excluding hydrogens is 254 g/mol. The summed E-state index contributed by atoms with van der Waals surface area (Å²) < 4.78 is 4.69. The summed E-state index contributed by atoms with van der Waals surface area (Å²) in [6, 6.07) is 4.37. The van der Waals surface area contributed by atoms with Crippen LogP contribution in [0.4, 0.5) is 0 Å². The van der Waals surface area contributed by atoms with Crippen LogP contribution >= 0.6 is 0 Å². The van der Waals surface area contributed by atoms with E-state index in [1.807, 2.05) is 6.07 Å². The Morgan fingerprint density at radius 2 is 2.40 bits per heavy atom. The summed E-state index contributed by atoms with van der Waals surface area (Å²) in [6.45, 7) is 4.24. The predicted octanol–water partition coefficient (Wildman–Crippen LogP) is 1.05. The first-order valence-electron chi connectivity index (χ1n) is 7.26. The molecule has 5 nitrogen and oxygen atoms in total. The number of pyridine rings is 1. The fourth-order valence-corrected chi connectivity index (χ4v) is 3.32.